The molecule has 0 atom stereocenters. The van der Waals surface area contributed by atoms with Crippen molar-refractivity contribution in [2.24, 2.45) is 0 Å². The van der Waals surface area contributed by atoms with Crippen molar-refractivity contribution in [3.05, 3.63) is 42.0 Å². The Bertz CT molecular complexity index is 469. The SMILES string of the molecule is C=C(C)c1ccc(CN2CCCC23CCNCC3)cc1. The second-order valence-corrected chi connectivity index (χ2v) is 6.48. The standard InChI is InChI=1S/C18H26N2/c1-15(2)17-6-4-16(5-7-17)14-20-13-3-8-18(20)9-11-19-12-10-18/h4-7,19H,1,3,8-14H2,2H3. The van der Waals surface area contributed by atoms with E-state index in [2.05, 4.69) is 48.0 Å². The smallest absolute Gasteiger partial charge is 0.0239 e. The van der Waals surface area contributed by atoms with Crippen molar-refractivity contribution >= 4 is 5.57 Å². The predicted molar refractivity (Wildman–Crippen MR) is 85.6 cm³/mol. The second kappa shape index (κ2) is 5.71. The lowest BCUT2D eigenvalue weighted by Gasteiger charge is -2.42. The molecular formula is C18H26N2. The molecule has 0 aromatic heterocycles. The summed E-state index contributed by atoms with van der Waals surface area (Å²) >= 11 is 0. The van der Waals surface area contributed by atoms with Gasteiger partial charge < -0.3 is 5.32 Å². The van der Waals surface area contributed by atoms with Gasteiger partial charge in [-0.3, -0.25) is 4.90 Å². The van der Waals surface area contributed by atoms with Crippen molar-refractivity contribution in [1.82, 2.24) is 10.2 Å². The van der Waals surface area contributed by atoms with Crippen molar-refractivity contribution in [3.8, 4) is 0 Å². The summed E-state index contributed by atoms with van der Waals surface area (Å²) in [6, 6.07) is 8.97. The highest BCUT2D eigenvalue weighted by molar-refractivity contribution is 5.61. The van der Waals surface area contributed by atoms with Crippen LogP contribution in [0.5, 0.6) is 0 Å². The summed E-state index contributed by atoms with van der Waals surface area (Å²) in [5.41, 5.74) is 4.33. The molecule has 0 unspecified atom stereocenters. The molecule has 0 saturated carbocycles. The number of benzene rings is 1. The van der Waals surface area contributed by atoms with Gasteiger partial charge in [0.1, 0.15) is 0 Å². The molecule has 0 aliphatic carbocycles. The first-order chi connectivity index (χ1) is 9.70. The number of hydrogen-bond acceptors (Lipinski definition) is 2. The zero-order valence-corrected chi connectivity index (χ0v) is 12.6. The second-order valence-electron chi connectivity index (χ2n) is 6.48. The van der Waals surface area contributed by atoms with Gasteiger partial charge >= 0.3 is 0 Å². The fraction of sp³-hybridized carbons (Fsp3) is 0.556. The van der Waals surface area contributed by atoms with Crippen molar-refractivity contribution in [3.63, 3.8) is 0 Å². The Morgan fingerprint density at radius 2 is 1.90 bits per heavy atom. The summed E-state index contributed by atoms with van der Waals surface area (Å²) in [5.74, 6) is 0. The lowest BCUT2D eigenvalue weighted by atomic mass is 9.85. The van der Waals surface area contributed by atoms with Crippen LogP contribution in [0.15, 0.2) is 30.8 Å². The van der Waals surface area contributed by atoms with Gasteiger partial charge in [0.25, 0.3) is 0 Å². The average Bonchev–Trinajstić information content (AvgIpc) is 2.83. The summed E-state index contributed by atoms with van der Waals surface area (Å²) in [4.78, 5) is 2.74. The monoisotopic (exact) mass is 270 g/mol. The highest BCUT2D eigenvalue weighted by atomic mass is 15.2. The molecule has 0 bridgehead atoms. The van der Waals surface area contributed by atoms with Crippen LogP contribution in [0, 0.1) is 0 Å². The van der Waals surface area contributed by atoms with Crippen LogP contribution in [0.2, 0.25) is 0 Å². The van der Waals surface area contributed by atoms with Crippen molar-refractivity contribution < 1.29 is 0 Å². The molecule has 1 aromatic carbocycles. The maximum Gasteiger partial charge on any atom is 0.0239 e. The minimum Gasteiger partial charge on any atom is -0.317 e. The number of likely N-dealkylation sites (tertiary alicyclic amines) is 1. The van der Waals surface area contributed by atoms with Gasteiger partial charge in [-0.1, -0.05) is 36.4 Å². The maximum atomic E-state index is 4.01. The van der Waals surface area contributed by atoms with E-state index in [-0.39, 0.29) is 0 Å². The van der Waals surface area contributed by atoms with Crippen LogP contribution in [0.3, 0.4) is 0 Å². The molecule has 2 saturated heterocycles. The fourth-order valence-corrected chi connectivity index (χ4v) is 3.81. The number of nitrogens with one attached hydrogen (secondary N) is 1. The molecule has 20 heavy (non-hydrogen) atoms. The van der Waals surface area contributed by atoms with E-state index in [4.69, 9.17) is 0 Å². The molecule has 0 amide bonds. The van der Waals surface area contributed by atoms with E-state index >= 15 is 0 Å². The van der Waals surface area contributed by atoms with Gasteiger partial charge in [-0.15, -0.1) is 0 Å². The first kappa shape index (κ1) is 13.8. The van der Waals surface area contributed by atoms with E-state index in [1.54, 1.807) is 0 Å². The van der Waals surface area contributed by atoms with E-state index in [1.165, 1.54) is 56.4 Å². The number of piperidine rings is 1. The Labute approximate surface area is 122 Å². The van der Waals surface area contributed by atoms with Crippen LogP contribution < -0.4 is 5.32 Å². The molecule has 2 heteroatoms. The Kier molecular flexibility index (Phi) is 3.95. The molecule has 2 heterocycles. The minimum absolute atomic E-state index is 0.484. The van der Waals surface area contributed by atoms with Crippen LogP contribution in [0.4, 0.5) is 0 Å². The van der Waals surface area contributed by atoms with Gasteiger partial charge in [0.15, 0.2) is 0 Å². The Morgan fingerprint density at radius 1 is 1.20 bits per heavy atom. The average molecular weight is 270 g/mol. The predicted octanol–water partition coefficient (Wildman–Crippen LogP) is 3.44. The van der Waals surface area contributed by atoms with E-state index < -0.39 is 0 Å². The van der Waals surface area contributed by atoms with Gasteiger partial charge in [-0.25, -0.2) is 0 Å². The number of nitrogens with zero attached hydrogens (tertiary/aromatic N) is 1. The molecule has 2 nitrogen and oxygen atoms in total. The number of hydrogen-bond donors (Lipinski definition) is 1. The summed E-state index contributed by atoms with van der Waals surface area (Å²) in [6.45, 7) is 10.8. The Morgan fingerprint density at radius 3 is 2.55 bits per heavy atom. The Balaban J connectivity index is 1.71. The quantitative estimate of drug-likeness (QED) is 0.905. The van der Waals surface area contributed by atoms with Gasteiger partial charge in [0.05, 0.1) is 0 Å². The molecule has 3 rings (SSSR count). The molecule has 1 aromatic rings. The summed E-state index contributed by atoms with van der Waals surface area (Å²) in [7, 11) is 0. The lowest BCUT2D eigenvalue weighted by molar-refractivity contribution is 0.0928. The lowest BCUT2D eigenvalue weighted by Crippen LogP contribution is -2.50. The zero-order chi connectivity index (χ0) is 14.0. The van der Waals surface area contributed by atoms with E-state index in [0.29, 0.717) is 5.54 Å². The third-order valence-electron chi connectivity index (χ3n) is 5.10. The first-order valence-electron chi connectivity index (χ1n) is 7.90. The van der Waals surface area contributed by atoms with Crippen molar-refractivity contribution in [2.75, 3.05) is 19.6 Å². The van der Waals surface area contributed by atoms with Crippen LogP contribution in [0.1, 0.15) is 43.7 Å². The topological polar surface area (TPSA) is 15.3 Å². The number of rotatable bonds is 3. The van der Waals surface area contributed by atoms with Crippen LogP contribution in [0.25, 0.3) is 5.57 Å². The first-order valence-corrected chi connectivity index (χ1v) is 7.90. The van der Waals surface area contributed by atoms with E-state index in [1.807, 2.05) is 0 Å². The van der Waals surface area contributed by atoms with E-state index in [0.717, 1.165) is 12.1 Å². The molecule has 2 aliphatic rings. The normalized spacial score (nSPS) is 22.2. The number of allylic oxidation sites excluding steroid dienone is 1. The van der Waals surface area contributed by atoms with Gasteiger partial charge in [0.2, 0.25) is 0 Å². The fourth-order valence-electron chi connectivity index (χ4n) is 3.81. The summed E-state index contributed by atoms with van der Waals surface area (Å²) in [6.07, 6.45) is 5.38. The summed E-state index contributed by atoms with van der Waals surface area (Å²) in [5, 5.41) is 3.50. The molecule has 1 N–H and O–H groups in total. The molecule has 2 fully saturated rings. The minimum atomic E-state index is 0.484. The molecule has 0 radical (unpaired) electrons. The van der Waals surface area contributed by atoms with E-state index in [9.17, 15) is 0 Å². The molecule has 1 spiro atoms. The van der Waals surface area contributed by atoms with Crippen molar-refractivity contribution in [1.29, 1.82) is 0 Å². The zero-order valence-electron chi connectivity index (χ0n) is 12.6. The molecule has 108 valence electrons. The summed E-state index contributed by atoms with van der Waals surface area (Å²) < 4.78 is 0. The highest BCUT2D eigenvalue weighted by Crippen LogP contribution is 2.37. The third kappa shape index (κ3) is 2.68. The van der Waals surface area contributed by atoms with Gasteiger partial charge in [0, 0.05) is 12.1 Å². The third-order valence-corrected chi connectivity index (χ3v) is 5.10. The van der Waals surface area contributed by atoms with Crippen molar-refractivity contribution in [2.45, 2.75) is 44.7 Å². The Hall–Kier alpha value is -1.12. The van der Waals surface area contributed by atoms with Crippen LogP contribution in [-0.2, 0) is 6.54 Å². The highest BCUT2D eigenvalue weighted by Gasteiger charge is 2.41. The van der Waals surface area contributed by atoms with Crippen LogP contribution >= 0.6 is 0 Å². The van der Waals surface area contributed by atoms with Gasteiger partial charge in [-0.05, 0) is 63.4 Å². The maximum absolute atomic E-state index is 4.01. The largest absolute Gasteiger partial charge is 0.317 e. The van der Waals surface area contributed by atoms with Gasteiger partial charge in [-0.2, -0.15) is 0 Å². The van der Waals surface area contributed by atoms with Crippen LogP contribution in [-0.4, -0.2) is 30.1 Å². The molecular weight excluding hydrogens is 244 g/mol. The molecule has 2 aliphatic heterocycles.